The topological polar surface area (TPSA) is 55.6 Å². The molecule has 0 atom stereocenters. The number of benzene rings is 1. The van der Waals surface area contributed by atoms with E-state index in [-0.39, 0.29) is 24.5 Å². The molecule has 3 aromatic rings. The van der Waals surface area contributed by atoms with Crippen LogP contribution in [0.25, 0.3) is 0 Å². The maximum absolute atomic E-state index is 12.9. The Morgan fingerprint density at radius 2 is 2.11 bits per heavy atom. The maximum atomic E-state index is 12.9. The molecule has 0 bridgehead atoms. The van der Waals surface area contributed by atoms with Crippen LogP contribution in [0.15, 0.2) is 52.5 Å². The number of amides is 1. The summed E-state index contributed by atoms with van der Waals surface area (Å²) in [6, 6.07) is 9.15. The van der Waals surface area contributed by atoms with Gasteiger partial charge in [-0.2, -0.15) is 13.2 Å². The van der Waals surface area contributed by atoms with Crippen LogP contribution in [0, 0.1) is 6.92 Å². The number of aromatic nitrogens is 1. The average molecular weight is 410 g/mol. The summed E-state index contributed by atoms with van der Waals surface area (Å²) >= 11 is 1.49. The highest BCUT2D eigenvalue weighted by molar-refractivity contribution is 7.09. The van der Waals surface area contributed by atoms with E-state index in [4.69, 9.17) is 9.15 Å². The van der Waals surface area contributed by atoms with Crippen LogP contribution >= 0.6 is 11.3 Å². The molecule has 0 fully saturated rings. The van der Waals surface area contributed by atoms with Crippen molar-refractivity contribution in [3.63, 3.8) is 0 Å². The molecule has 1 amide bonds. The number of nitrogens with zero attached hydrogens (tertiary/aromatic N) is 2. The average Bonchev–Trinajstić information content (AvgIpc) is 3.29. The van der Waals surface area contributed by atoms with Crippen LogP contribution < -0.4 is 4.74 Å². The third-order valence-corrected chi connectivity index (χ3v) is 4.54. The number of furan rings is 1. The standard InChI is InChI=1S/C19H17F3N2O3S/c1-13-23-15(11-28-13)10-27-16-5-2-4-14(8-16)18(25)24(12-19(20,21)22)9-17-6-3-7-26-17/h2-8,11H,9-10,12H2,1H3. The Labute approximate surface area is 163 Å². The number of carbonyl (C=O) groups excluding carboxylic acids is 1. The van der Waals surface area contributed by atoms with Crippen LogP contribution in [0.3, 0.4) is 0 Å². The number of thiazole rings is 1. The molecule has 2 aromatic heterocycles. The van der Waals surface area contributed by atoms with Gasteiger partial charge in [-0.3, -0.25) is 4.79 Å². The molecule has 0 N–H and O–H groups in total. The first-order valence-corrected chi connectivity index (χ1v) is 9.20. The van der Waals surface area contributed by atoms with E-state index in [1.807, 2.05) is 12.3 Å². The minimum Gasteiger partial charge on any atom is -0.487 e. The molecule has 0 aliphatic rings. The second-order valence-corrected chi connectivity index (χ2v) is 7.09. The van der Waals surface area contributed by atoms with Crippen molar-refractivity contribution in [3.8, 4) is 5.75 Å². The van der Waals surface area contributed by atoms with Gasteiger partial charge in [0, 0.05) is 10.9 Å². The zero-order valence-corrected chi connectivity index (χ0v) is 15.7. The quantitative estimate of drug-likeness (QED) is 0.560. The highest BCUT2D eigenvalue weighted by Gasteiger charge is 2.34. The van der Waals surface area contributed by atoms with E-state index in [0.717, 1.165) is 10.7 Å². The van der Waals surface area contributed by atoms with E-state index < -0.39 is 18.6 Å². The van der Waals surface area contributed by atoms with Crippen molar-refractivity contribution in [2.75, 3.05) is 6.54 Å². The van der Waals surface area contributed by atoms with E-state index in [9.17, 15) is 18.0 Å². The molecule has 0 saturated carbocycles. The predicted molar refractivity (Wildman–Crippen MR) is 97.1 cm³/mol. The predicted octanol–water partition coefficient (Wildman–Crippen LogP) is 4.83. The summed E-state index contributed by atoms with van der Waals surface area (Å²) in [6.07, 6.45) is -3.18. The van der Waals surface area contributed by atoms with Gasteiger partial charge in [0.15, 0.2) is 0 Å². The minimum absolute atomic E-state index is 0.0998. The van der Waals surface area contributed by atoms with Gasteiger partial charge in [0.1, 0.15) is 24.7 Å². The van der Waals surface area contributed by atoms with Crippen LogP contribution in [0.2, 0.25) is 0 Å². The number of hydrogen-bond acceptors (Lipinski definition) is 5. The molecular formula is C19H17F3N2O3S. The second kappa shape index (κ2) is 8.47. The fourth-order valence-electron chi connectivity index (χ4n) is 2.54. The fraction of sp³-hybridized carbons (Fsp3) is 0.263. The first-order valence-electron chi connectivity index (χ1n) is 8.32. The van der Waals surface area contributed by atoms with Gasteiger partial charge in [0.05, 0.1) is 23.5 Å². The number of rotatable bonds is 7. The highest BCUT2D eigenvalue weighted by Crippen LogP contribution is 2.22. The van der Waals surface area contributed by atoms with Gasteiger partial charge in [-0.15, -0.1) is 11.3 Å². The molecule has 3 rings (SSSR count). The van der Waals surface area contributed by atoms with Gasteiger partial charge in [0.2, 0.25) is 0 Å². The first-order chi connectivity index (χ1) is 13.3. The van der Waals surface area contributed by atoms with Crippen LogP contribution in [0.1, 0.15) is 26.8 Å². The molecule has 9 heteroatoms. The molecule has 5 nitrogen and oxygen atoms in total. The summed E-state index contributed by atoms with van der Waals surface area (Å²) in [5, 5.41) is 2.77. The monoisotopic (exact) mass is 410 g/mol. The van der Waals surface area contributed by atoms with Gasteiger partial charge in [-0.1, -0.05) is 6.07 Å². The Morgan fingerprint density at radius 3 is 2.75 bits per heavy atom. The number of alkyl halides is 3. The summed E-state index contributed by atoms with van der Waals surface area (Å²) in [5.41, 5.74) is 0.846. The molecule has 0 aliphatic heterocycles. The third-order valence-electron chi connectivity index (χ3n) is 3.72. The van der Waals surface area contributed by atoms with Gasteiger partial charge in [0.25, 0.3) is 5.91 Å². The normalized spacial score (nSPS) is 11.4. The summed E-state index contributed by atoms with van der Waals surface area (Å²) in [6.45, 7) is 0.423. The zero-order valence-electron chi connectivity index (χ0n) is 14.9. The maximum Gasteiger partial charge on any atom is 0.406 e. The lowest BCUT2D eigenvalue weighted by molar-refractivity contribution is -0.142. The molecular weight excluding hydrogens is 393 g/mol. The minimum atomic E-state index is -4.53. The van der Waals surface area contributed by atoms with Crippen LogP contribution in [0.5, 0.6) is 5.75 Å². The molecule has 0 radical (unpaired) electrons. The molecule has 0 unspecified atom stereocenters. The molecule has 0 saturated heterocycles. The van der Waals surface area contributed by atoms with Crippen molar-refractivity contribution >= 4 is 17.2 Å². The van der Waals surface area contributed by atoms with Gasteiger partial charge >= 0.3 is 6.18 Å². The molecule has 28 heavy (non-hydrogen) atoms. The number of ether oxygens (including phenoxy) is 1. The first kappa shape index (κ1) is 19.9. The van der Waals surface area contributed by atoms with E-state index in [1.54, 1.807) is 18.2 Å². The van der Waals surface area contributed by atoms with E-state index in [0.29, 0.717) is 10.6 Å². The molecule has 2 heterocycles. The Bertz CT molecular complexity index is 923. The Morgan fingerprint density at radius 1 is 1.29 bits per heavy atom. The van der Waals surface area contributed by atoms with E-state index in [1.165, 1.54) is 35.8 Å². The number of hydrogen-bond donors (Lipinski definition) is 0. The molecule has 0 spiro atoms. The lowest BCUT2D eigenvalue weighted by Crippen LogP contribution is -2.38. The molecule has 0 aliphatic carbocycles. The Hall–Kier alpha value is -2.81. The van der Waals surface area contributed by atoms with Crippen molar-refractivity contribution in [1.82, 2.24) is 9.88 Å². The lowest BCUT2D eigenvalue weighted by Gasteiger charge is -2.23. The van der Waals surface area contributed by atoms with Crippen LogP contribution in [-0.4, -0.2) is 28.5 Å². The van der Waals surface area contributed by atoms with E-state index in [2.05, 4.69) is 4.98 Å². The summed E-state index contributed by atoms with van der Waals surface area (Å²) in [4.78, 5) is 17.7. The smallest absolute Gasteiger partial charge is 0.406 e. The van der Waals surface area contributed by atoms with Crippen molar-refractivity contribution in [2.45, 2.75) is 26.3 Å². The summed E-state index contributed by atoms with van der Waals surface area (Å²) in [7, 11) is 0. The van der Waals surface area contributed by atoms with Crippen LogP contribution in [0.4, 0.5) is 13.2 Å². The van der Waals surface area contributed by atoms with Crippen molar-refractivity contribution in [2.24, 2.45) is 0 Å². The van der Waals surface area contributed by atoms with Gasteiger partial charge in [-0.05, 0) is 37.3 Å². The second-order valence-electron chi connectivity index (χ2n) is 6.03. The SMILES string of the molecule is Cc1nc(COc2cccc(C(=O)N(Cc3ccco3)CC(F)(F)F)c2)cs1. The Kier molecular flexibility index (Phi) is 6.03. The largest absolute Gasteiger partial charge is 0.487 e. The Balaban J connectivity index is 1.74. The fourth-order valence-corrected chi connectivity index (χ4v) is 3.14. The lowest BCUT2D eigenvalue weighted by atomic mass is 10.2. The number of halogens is 3. The van der Waals surface area contributed by atoms with E-state index >= 15 is 0 Å². The number of aryl methyl sites for hydroxylation is 1. The van der Waals surface area contributed by atoms with Crippen LogP contribution in [-0.2, 0) is 13.2 Å². The molecule has 148 valence electrons. The number of carbonyl (C=O) groups is 1. The summed E-state index contributed by atoms with van der Waals surface area (Å²) in [5.74, 6) is -0.117. The van der Waals surface area contributed by atoms with Crippen molar-refractivity contribution in [3.05, 3.63) is 70.1 Å². The van der Waals surface area contributed by atoms with Crippen molar-refractivity contribution < 1.29 is 27.1 Å². The van der Waals surface area contributed by atoms with Gasteiger partial charge in [-0.25, -0.2) is 4.98 Å². The molecule has 1 aromatic carbocycles. The summed E-state index contributed by atoms with van der Waals surface area (Å²) < 4.78 is 49.5. The van der Waals surface area contributed by atoms with Crippen molar-refractivity contribution in [1.29, 1.82) is 0 Å². The zero-order chi connectivity index (χ0) is 20.1. The third kappa shape index (κ3) is 5.59. The highest BCUT2D eigenvalue weighted by atomic mass is 32.1. The van der Waals surface area contributed by atoms with Gasteiger partial charge < -0.3 is 14.1 Å².